The fourth-order valence-corrected chi connectivity index (χ4v) is 3.42. The predicted octanol–water partition coefficient (Wildman–Crippen LogP) is 3.71. The fraction of sp³-hybridized carbons (Fsp3) is 0.294. The lowest BCUT2D eigenvalue weighted by Crippen LogP contribution is -2.13. The summed E-state index contributed by atoms with van der Waals surface area (Å²) in [5, 5.41) is 14.8. The van der Waals surface area contributed by atoms with Crippen molar-refractivity contribution in [1.82, 2.24) is 9.97 Å². The van der Waals surface area contributed by atoms with Crippen LogP contribution in [0.5, 0.6) is 0 Å². The van der Waals surface area contributed by atoms with E-state index in [2.05, 4.69) is 40.4 Å². The minimum atomic E-state index is -0.544. The van der Waals surface area contributed by atoms with Crippen LogP contribution in [0.2, 0.25) is 0 Å². The van der Waals surface area contributed by atoms with E-state index >= 15 is 0 Å². The molecule has 1 unspecified atom stereocenters. The van der Waals surface area contributed by atoms with Crippen molar-refractivity contribution in [2.24, 2.45) is 0 Å². The van der Waals surface area contributed by atoms with Crippen LogP contribution in [0.25, 0.3) is 10.1 Å². The maximum absolute atomic E-state index is 10.4. The summed E-state index contributed by atoms with van der Waals surface area (Å²) in [5.74, 6) is 1.52. The number of fused-ring (bicyclic) bond motifs is 1. The first-order valence-corrected chi connectivity index (χ1v) is 8.22. The number of aliphatic hydroxyl groups excluding tert-OH is 1. The maximum Gasteiger partial charge on any atom is 0.130 e. The van der Waals surface area contributed by atoms with Gasteiger partial charge in [0.05, 0.1) is 0 Å². The summed E-state index contributed by atoms with van der Waals surface area (Å²) in [6.45, 7) is 4.39. The number of nitrogens with zero attached hydrogens (tertiary/aromatic N) is 2. The van der Waals surface area contributed by atoms with Gasteiger partial charge < -0.3 is 10.4 Å². The molecule has 114 valence electrons. The molecule has 0 spiro atoms. The molecule has 2 N–H and O–H groups in total. The monoisotopic (exact) mass is 313 g/mol. The number of hydrogen-bond acceptors (Lipinski definition) is 5. The van der Waals surface area contributed by atoms with Crippen molar-refractivity contribution in [1.29, 1.82) is 0 Å². The molecular weight excluding hydrogens is 294 g/mol. The summed E-state index contributed by atoms with van der Waals surface area (Å²) >= 11 is 1.63. The highest BCUT2D eigenvalue weighted by Crippen LogP contribution is 2.29. The number of aliphatic hydroxyl groups is 1. The zero-order valence-electron chi connectivity index (χ0n) is 12.7. The van der Waals surface area contributed by atoms with E-state index in [1.165, 1.54) is 10.1 Å². The Hall–Kier alpha value is -1.98. The van der Waals surface area contributed by atoms with Gasteiger partial charge in [0.25, 0.3) is 0 Å². The highest BCUT2D eigenvalue weighted by molar-refractivity contribution is 7.19. The molecule has 0 aliphatic rings. The molecule has 0 bridgehead atoms. The van der Waals surface area contributed by atoms with E-state index in [0.29, 0.717) is 6.54 Å². The van der Waals surface area contributed by atoms with Crippen LogP contribution in [0.1, 0.15) is 29.4 Å². The Morgan fingerprint density at radius 3 is 2.82 bits per heavy atom. The average Bonchev–Trinajstić information content (AvgIpc) is 2.96. The molecule has 0 radical (unpaired) electrons. The molecule has 3 aromatic rings. The molecule has 5 heteroatoms. The van der Waals surface area contributed by atoms with Gasteiger partial charge in [-0.2, -0.15) is 0 Å². The van der Waals surface area contributed by atoms with Crippen LogP contribution in [-0.2, 0) is 6.42 Å². The van der Waals surface area contributed by atoms with Crippen LogP contribution in [0.4, 0.5) is 5.82 Å². The summed E-state index contributed by atoms with van der Waals surface area (Å²) in [5.41, 5.74) is 1.01. The van der Waals surface area contributed by atoms with Gasteiger partial charge >= 0.3 is 0 Å². The van der Waals surface area contributed by atoms with Crippen molar-refractivity contribution in [3.8, 4) is 0 Å². The van der Waals surface area contributed by atoms with Crippen LogP contribution in [0.3, 0.4) is 0 Å². The SMILES string of the molecule is CCc1cc(NCC(O)c2cc3ccccc3s2)nc(C)n1. The lowest BCUT2D eigenvalue weighted by atomic mass is 10.2. The molecule has 1 aromatic carbocycles. The van der Waals surface area contributed by atoms with Gasteiger partial charge in [0.15, 0.2) is 0 Å². The number of rotatable bonds is 5. The zero-order chi connectivity index (χ0) is 15.5. The van der Waals surface area contributed by atoms with E-state index in [4.69, 9.17) is 0 Å². The Morgan fingerprint density at radius 2 is 2.05 bits per heavy atom. The first kappa shape index (κ1) is 14.9. The minimum absolute atomic E-state index is 0.437. The largest absolute Gasteiger partial charge is 0.386 e. The standard InChI is InChI=1S/C17H19N3OS/c1-3-13-9-17(20-11(2)19-13)18-10-14(21)16-8-12-6-4-5-7-15(12)22-16/h4-9,14,21H,3,10H2,1-2H3,(H,18,19,20). The van der Waals surface area contributed by atoms with Gasteiger partial charge in [0, 0.05) is 27.9 Å². The Balaban J connectivity index is 1.71. The molecule has 3 rings (SSSR count). The first-order valence-electron chi connectivity index (χ1n) is 7.40. The third kappa shape index (κ3) is 3.26. The lowest BCUT2D eigenvalue weighted by molar-refractivity contribution is 0.195. The highest BCUT2D eigenvalue weighted by atomic mass is 32.1. The van der Waals surface area contributed by atoms with E-state index in [-0.39, 0.29) is 0 Å². The Kier molecular flexibility index (Phi) is 4.36. The maximum atomic E-state index is 10.4. The second-order valence-electron chi connectivity index (χ2n) is 5.23. The number of thiophene rings is 1. The highest BCUT2D eigenvalue weighted by Gasteiger charge is 2.12. The Labute approximate surface area is 133 Å². The summed E-state index contributed by atoms with van der Waals surface area (Å²) in [6.07, 6.45) is 0.328. The van der Waals surface area contributed by atoms with Crippen molar-refractivity contribution in [2.75, 3.05) is 11.9 Å². The van der Waals surface area contributed by atoms with Gasteiger partial charge in [0.2, 0.25) is 0 Å². The number of anilines is 1. The molecule has 1 atom stereocenters. The van der Waals surface area contributed by atoms with Gasteiger partial charge in [0.1, 0.15) is 17.7 Å². The zero-order valence-corrected chi connectivity index (χ0v) is 13.5. The number of aryl methyl sites for hydroxylation is 2. The predicted molar refractivity (Wildman–Crippen MR) is 91.4 cm³/mol. The summed E-state index contributed by atoms with van der Waals surface area (Å²) < 4.78 is 1.20. The Bertz CT molecular complexity index is 751. The number of nitrogens with one attached hydrogen (secondary N) is 1. The van der Waals surface area contributed by atoms with Gasteiger partial charge in [-0.1, -0.05) is 25.1 Å². The van der Waals surface area contributed by atoms with E-state index < -0.39 is 6.10 Å². The molecule has 0 saturated carbocycles. The van der Waals surface area contributed by atoms with Gasteiger partial charge in [-0.25, -0.2) is 9.97 Å². The van der Waals surface area contributed by atoms with E-state index in [0.717, 1.165) is 28.6 Å². The van der Waals surface area contributed by atoms with Crippen molar-refractivity contribution in [2.45, 2.75) is 26.4 Å². The third-order valence-corrected chi connectivity index (χ3v) is 4.72. The second-order valence-corrected chi connectivity index (χ2v) is 6.34. The van der Waals surface area contributed by atoms with Gasteiger partial charge in [-0.3, -0.25) is 0 Å². The summed E-state index contributed by atoms with van der Waals surface area (Å²) in [6, 6.07) is 12.2. The molecular formula is C17H19N3OS. The molecule has 0 saturated heterocycles. The fourth-order valence-electron chi connectivity index (χ4n) is 2.37. The van der Waals surface area contributed by atoms with Crippen molar-refractivity contribution in [3.05, 3.63) is 52.8 Å². The van der Waals surface area contributed by atoms with E-state index in [1.54, 1.807) is 11.3 Å². The molecule has 4 nitrogen and oxygen atoms in total. The van der Waals surface area contributed by atoms with Crippen LogP contribution in [0.15, 0.2) is 36.4 Å². The molecule has 0 fully saturated rings. The molecule has 22 heavy (non-hydrogen) atoms. The average molecular weight is 313 g/mol. The molecule has 2 heterocycles. The van der Waals surface area contributed by atoms with Gasteiger partial charge in [-0.15, -0.1) is 11.3 Å². The van der Waals surface area contributed by atoms with Crippen LogP contribution in [-0.4, -0.2) is 21.6 Å². The third-order valence-electron chi connectivity index (χ3n) is 3.50. The van der Waals surface area contributed by atoms with Crippen LogP contribution >= 0.6 is 11.3 Å². The topological polar surface area (TPSA) is 58.0 Å². The molecule has 0 amide bonds. The van der Waals surface area contributed by atoms with Crippen molar-refractivity contribution >= 4 is 27.2 Å². The molecule has 0 aliphatic carbocycles. The van der Waals surface area contributed by atoms with Crippen LogP contribution < -0.4 is 5.32 Å². The van der Waals surface area contributed by atoms with Crippen molar-refractivity contribution < 1.29 is 5.11 Å². The van der Waals surface area contributed by atoms with E-state index in [1.807, 2.05) is 25.1 Å². The quantitative estimate of drug-likeness (QED) is 0.754. The number of benzene rings is 1. The van der Waals surface area contributed by atoms with Crippen LogP contribution in [0, 0.1) is 6.92 Å². The smallest absolute Gasteiger partial charge is 0.130 e. The minimum Gasteiger partial charge on any atom is -0.386 e. The summed E-state index contributed by atoms with van der Waals surface area (Å²) in [4.78, 5) is 9.68. The van der Waals surface area contributed by atoms with Gasteiger partial charge in [-0.05, 0) is 30.9 Å². The molecule has 0 aliphatic heterocycles. The number of hydrogen-bond donors (Lipinski definition) is 2. The lowest BCUT2D eigenvalue weighted by Gasteiger charge is -2.11. The molecule has 2 aromatic heterocycles. The van der Waals surface area contributed by atoms with E-state index in [9.17, 15) is 5.11 Å². The summed E-state index contributed by atoms with van der Waals surface area (Å²) in [7, 11) is 0. The second kappa shape index (κ2) is 6.42. The Morgan fingerprint density at radius 1 is 1.23 bits per heavy atom. The van der Waals surface area contributed by atoms with Crippen molar-refractivity contribution in [3.63, 3.8) is 0 Å². The number of aromatic nitrogens is 2. The normalized spacial score (nSPS) is 12.5. The first-order chi connectivity index (χ1) is 10.7.